The molecule has 0 saturated heterocycles. The van der Waals surface area contributed by atoms with E-state index in [0.717, 1.165) is 12.1 Å². The van der Waals surface area contributed by atoms with Crippen molar-refractivity contribution in [1.82, 2.24) is 0 Å². The molecule has 0 unspecified atom stereocenters. The van der Waals surface area contributed by atoms with Crippen molar-refractivity contribution in [2.24, 2.45) is 0 Å². The van der Waals surface area contributed by atoms with Crippen LogP contribution in [0.3, 0.4) is 0 Å². The molecule has 1 rings (SSSR count). The molecule has 0 aliphatic heterocycles. The van der Waals surface area contributed by atoms with Crippen molar-refractivity contribution in [1.29, 1.82) is 0 Å². The van der Waals surface area contributed by atoms with E-state index in [4.69, 9.17) is 10.2 Å². The average Bonchev–Trinajstić information content (AvgIpc) is 2.15. The van der Waals surface area contributed by atoms with Crippen molar-refractivity contribution in [2.75, 3.05) is 0 Å². The van der Waals surface area contributed by atoms with Crippen molar-refractivity contribution in [2.45, 2.75) is 12.3 Å². The molecule has 0 atom stereocenters. The molecule has 0 aliphatic rings. The Morgan fingerprint density at radius 1 is 1.47 bits per heavy atom. The van der Waals surface area contributed by atoms with E-state index in [0.29, 0.717) is 6.07 Å². The Hall–Kier alpha value is -2.25. The molecule has 6 nitrogen and oxygen atoms in total. The molecule has 2 N–H and O–H groups in total. The van der Waals surface area contributed by atoms with E-state index in [2.05, 4.69) is 0 Å². The van der Waals surface area contributed by atoms with Crippen LogP contribution in [0, 0.1) is 10.1 Å². The Balaban J connectivity index is 3.24. The Morgan fingerprint density at radius 3 is 2.53 bits per heavy atom. The van der Waals surface area contributed by atoms with Crippen LogP contribution >= 0.6 is 0 Å². The standard InChI is InChI=1S/C9H7F2NO5/c10-9(11,4-8(14)15)6-3-5(12(16)17)1-2-7(6)13/h1-3,13H,4H2,(H,14,15). The molecule has 0 heterocycles. The van der Waals surface area contributed by atoms with Gasteiger partial charge in [0, 0.05) is 12.1 Å². The zero-order valence-electron chi connectivity index (χ0n) is 8.26. The minimum absolute atomic E-state index is 0.457. The molecular weight excluding hydrogens is 240 g/mol. The molecule has 0 aromatic heterocycles. The van der Waals surface area contributed by atoms with Crippen LogP contribution in [-0.2, 0) is 10.7 Å². The number of nitro benzene ring substituents is 1. The molecule has 1 aromatic rings. The average molecular weight is 247 g/mol. The second kappa shape index (κ2) is 4.32. The number of aliphatic carboxylic acids is 1. The number of rotatable bonds is 4. The summed E-state index contributed by atoms with van der Waals surface area (Å²) in [5, 5.41) is 27.8. The third kappa shape index (κ3) is 2.86. The smallest absolute Gasteiger partial charge is 0.309 e. The second-order valence-corrected chi connectivity index (χ2v) is 3.23. The quantitative estimate of drug-likeness (QED) is 0.624. The topological polar surface area (TPSA) is 101 Å². The minimum atomic E-state index is -3.87. The zero-order chi connectivity index (χ0) is 13.2. The van der Waals surface area contributed by atoms with Crippen molar-refractivity contribution < 1.29 is 28.7 Å². The number of alkyl halides is 2. The van der Waals surface area contributed by atoms with Gasteiger partial charge < -0.3 is 10.2 Å². The number of nitrogens with zero attached hydrogens (tertiary/aromatic N) is 1. The summed E-state index contributed by atoms with van der Waals surface area (Å²) in [6.45, 7) is 0. The third-order valence-corrected chi connectivity index (χ3v) is 1.96. The number of non-ortho nitro benzene ring substituents is 1. The molecule has 1 aromatic carbocycles. The number of carboxylic acids is 1. The zero-order valence-corrected chi connectivity index (χ0v) is 8.26. The predicted octanol–water partition coefficient (Wildman–Crippen LogP) is 1.87. The largest absolute Gasteiger partial charge is 0.507 e. The second-order valence-electron chi connectivity index (χ2n) is 3.23. The van der Waals surface area contributed by atoms with Crippen LogP contribution in [0.2, 0.25) is 0 Å². The summed E-state index contributed by atoms with van der Waals surface area (Å²) in [5.41, 5.74) is -1.73. The maximum atomic E-state index is 13.3. The van der Waals surface area contributed by atoms with E-state index in [1.807, 2.05) is 0 Å². The number of hydrogen-bond acceptors (Lipinski definition) is 4. The monoisotopic (exact) mass is 247 g/mol. The minimum Gasteiger partial charge on any atom is -0.507 e. The van der Waals surface area contributed by atoms with Crippen LogP contribution in [0.1, 0.15) is 12.0 Å². The van der Waals surface area contributed by atoms with Crippen LogP contribution in [0.25, 0.3) is 0 Å². The molecule has 0 amide bonds. The SMILES string of the molecule is O=C(O)CC(F)(F)c1cc([N+](=O)[O-])ccc1O. The van der Waals surface area contributed by atoms with Gasteiger partial charge >= 0.3 is 5.97 Å². The van der Waals surface area contributed by atoms with E-state index in [1.165, 1.54) is 0 Å². The van der Waals surface area contributed by atoms with Gasteiger partial charge in [-0.15, -0.1) is 0 Å². The highest BCUT2D eigenvalue weighted by molar-refractivity contribution is 5.68. The number of carboxylic acid groups (broad SMARTS) is 1. The Morgan fingerprint density at radius 2 is 2.06 bits per heavy atom. The fourth-order valence-corrected chi connectivity index (χ4v) is 1.22. The molecule has 0 saturated carbocycles. The molecular formula is C9H7F2NO5. The van der Waals surface area contributed by atoms with Crippen LogP contribution in [0.15, 0.2) is 18.2 Å². The molecule has 92 valence electrons. The highest BCUT2D eigenvalue weighted by Gasteiger charge is 2.38. The van der Waals surface area contributed by atoms with E-state index < -0.39 is 40.2 Å². The lowest BCUT2D eigenvalue weighted by molar-refractivity contribution is -0.385. The lowest BCUT2D eigenvalue weighted by Crippen LogP contribution is -2.18. The number of phenols is 1. The van der Waals surface area contributed by atoms with E-state index in [1.54, 1.807) is 0 Å². The van der Waals surface area contributed by atoms with Gasteiger partial charge in [0.25, 0.3) is 11.6 Å². The summed E-state index contributed by atoms with van der Waals surface area (Å²) in [6.07, 6.45) is -1.55. The van der Waals surface area contributed by atoms with Crippen LogP contribution in [0.5, 0.6) is 5.75 Å². The predicted molar refractivity (Wildman–Crippen MR) is 50.9 cm³/mol. The summed E-state index contributed by atoms with van der Waals surface area (Å²) in [4.78, 5) is 19.7. The number of carbonyl (C=O) groups is 1. The number of aromatic hydroxyl groups is 1. The Bertz CT molecular complexity index is 474. The highest BCUT2D eigenvalue weighted by atomic mass is 19.3. The third-order valence-electron chi connectivity index (χ3n) is 1.96. The van der Waals surface area contributed by atoms with Gasteiger partial charge in [-0.3, -0.25) is 14.9 Å². The van der Waals surface area contributed by atoms with Crippen molar-refractivity contribution in [3.8, 4) is 5.75 Å². The van der Waals surface area contributed by atoms with Crippen LogP contribution in [-0.4, -0.2) is 21.1 Å². The Labute approximate surface area is 93.3 Å². The molecule has 0 aliphatic carbocycles. The van der Waals surface area contributed by atoms with E-state index in [9.17, 15) is 23.7 Å². The molecule has 0 bridgehead atoms. The van der Waals surface area contributed by atoms with Gasteiger partial charge in [-0.05, 0) is 6.07 Å². The highest BCUT2D eigenvalue weighted by Crippen LogP contribution is 2.38. The van der Waals surface area contributed by atoms with Crippen molar-refractivity contribution in [3.63, 3.8) is 0 Å². The first-order valence-electron chi connectivity index (χ1n) is 4.31. The molecule has 0 fully saturated rings. The summed E-state index contributed by atoms with van der Waals surface area (Å²) < 4.78 is 26.7. The fraction of sp³-hybridized carbons (Fsp3) is 0.222. The van der Waals surface area contributed by atoms with Gasteiger partial charge in [0.1, 0.15) is 12.2 Å². The molecule has 0 spiro atoms. The van der Waals surface area contributed by atoms with Gasteiger partial charge in [0.05, 0.1) is 10.5 Å². The van der Waals surface area contributed by atoms with E-state index in [-0.39, 0.29) is 0 Å². The van der Waals surface area contributed by atoms with Crippen molar-refractivity contribution in [3.05, 3.63) is 33.9 Å². The maximum Gasteiger partial charge on any atom is 0.309 e. The first kappa shape index (κ1) is 12.8. The number of nitro groups is 1. The normalized spacial score (nSPS) is 11.2. The molecule has 0 radical (unpaired) electrons. The molecule has 17 heavy (non-hydrogen) atoms. The van der Waals surface area contributed by atoms with E-state index >= 15 is 0 Å². The number of hydrogen-bond donors (Lipinski definition) is 2. The fourth-order valence-electron chi connectivity index (χ4n) is 1.22. The maximum absolute atomic E-state index is 13.3. The van der Waals surface area contributed by atoms with Crippen LogP contribution in [0.4, 0.5) is 14.5 Å². The Kier molecular flexibility index (Phi) is 3.26. The first-order valence-corrected chi connectivity index (χ1v) is 4.31. The van der Waals surface area contributed by atoms with Gasteiger partial charge in [-0.25, -0.2) is 8.78 Å². The summed E-state index contributed by atoms with van der Waals surface area (Å²) >= 11 is 0. The van der Waals surface area contributed by atoms with Gasteiger partial charge in [-0.2, -0.15) is 0 Å². The lowest BCUT2D eigenvalue weighted by atomic mass is 10.0. The van der Waals surface area contributed by atoms with Gasteiger partial charge in [-0.1, -0.05) is 0 Å². The molecule has 8 heteroatoms. The summed E-state index contributed by atoms with van der Waals surface area (Å²) in [5.74, 6) is -6.54. The van der Waals surface area contributed by atoms with Gasteiger partial charge in [0.15, 0.2) is 0 Å². The number of benzene rings is 1. The summed E-state index contributed by atoms with van der Waals surface area (Å²) in [6, 6.07) is 2.02. The number of phenolic OH excluding ortho intramolecular Hbond substituents is 1. The number of halogens is 2. The first-order chi connectivity index (χ1) is 7.74. The lowest BCUT2D eigenvalue weighted by Gasteiger charge is -2.15. The van der Waals surface area contributed by atoms with Gasteiger partial charge in [0.2, 0.25) is 0 Å². The van der Waals surface area contributed by atoms with Crippen LogP contribution < -0.4 is 0 Å². The summed E-state index contributed by atoms with van der Waals surface area (Å²) in [7, 11) is 0. The van der Waals surface area contributed by atoms with Crippen molar-refractivity contribution >= 4 is 11.7 Å².